The van der Waals surface area contributed by atoms with E-state index in [0.29, 0.717) is 11.5 Å². The van der Waals surface area contributed by atoms with Gasteiger partial charge in [0, 0.05) is 36.7 Å². The van der Waals surface area contributed by atoms with E-state index in [2.05, 4.69) is 15.5 Å². The van der Waals surface area contributed by atoms with Crippen LogP contribution in [0.4, 0.5) is 13.2 Å². The summed E-state index contributed by atoms with van der Waals surface area (Å²) in [4.78, 5) is 37.9. The molecule has 33 heavy (non-hydrogen) atoms. The number of amides is 2. The second-order valence-corrected chi connectivity index (χ2v) is 10.3. The van der Waals surface area contributed by atoms with Gasteiger partial charge in [-0.25, -0.2) is 9.18 Å². The molecular formula is C16H17F3N4O7S3. The SMILES string of the molecule is CO[C@@]1(NC(=O)C[S+]([O-])C(F)(F)CF)C(=O)N2C(C(=O)O)=C(CSc3nnc(C)o3)CS[C@@H]21. The molecule has 1 aromatic heterocycles. The fourth-order valence-electron chi connectivity index (χ4n) is 3.07. The molecule has 0 aliphatic carbocycles. The zero-order valence-electron chi connectivity index (χ0n) is 17.0. The topological polar surface area (TPSA) is 158 Å². The van der Waals surface area contributed by atoms with Crippen molar-refractivity contribution in [2.45, 2.75) is 28.5 Å². The number of β-lactam (4-membered cyclic amide) rings is 1. The van der Waals surface area contributed by atoms with Gasteiger partial charge < -0.3 is 24.1 Å². The summed E-state index contributed by atoms with van der Waals surface area (Å²) >= 11 is -1.02. The number of nitrogens with one attached hydrogen (secondary N) is 1. The van der Waals surface area contributed by atoms with E-state index in [1.165, 1.54) is 0 Å². The lowest BCUT2D eigenvalue weighted by molar-refractivity contribution is -0.192. The molecule has 3 heterocycles. The van der Waals surface area contributed by atoms with Crippen LogP contribution in [0.5, 0.6) is 0 Å². The number of ether oxygens (including phenoxy) is 1. The van der Waals surface area contributed by atoms with Crippen LogP contribution >= 0.6 is 23.5 Å². The predicted molar refractivity (Wildman–Crippen MR) is 109 cm³/mol. The summed E-state index contributed by atoms with van der Waals surface area (Å²) in [5, 5.41) is 14.2. The van der Waals surface area contributed by atoms with Crippen molar-refractivity contribution in [1.82, 2.24) is 20.4 Å². The van der Waals surface area contributed by atoms with E-state index >= 15 is 0 Å². The number of aliphatic carboxylic acids is 1. The second kappa shape index (κ2) is 9.73. The molecule has 0 bridgehead atoms. The molecule has 1 unspecified atom stereocenters. The number of halogens is 3. The minimum Gasteiger partial charge on any atom is -0.611 e. The number of carbonyl (C=O) groups excluding carboxylic acids is 2. The van der Waals surface area contributed by atoms with Gasteiger partial charge in [0.2, 0.25) is 12.6 Å². The maximum atomic E-state index is 13.2. The van der Waals surface area contributed by atoms with E-state index < -0.39 is 57.7 Å². The van der Waals surface area contributed by atoms with Gasteiger partial charge >= 0.3 is 11.2 Å². The molecular weight excluding hydrogens is 513 g/mol. The molecule has 2 aliphatic rings. The molecule has 0 radical (unpaired) electrons. The van der Waals surface area contributed by atoms with Gasteiger partial charge in [0.1, 0.15) is 11.1 Å². The number of hydrogen-bond acceptors (Lipinski definition) is 10. The minimum atomic E-state index is -4.23. The number of hydrogen-bond donors (Lipinski definition) is 2. The van der Waals surface area contributed by atoms with Crippen LogP contribution in [0.15, 0.2) is 20.9 Å². The van der Waals surface area contributed by atoms with Crippen molar-refractivity contribution >= 4 is 52.5 Å². The average molecular weight is 531 g/mol. The quantitative estimate of drug-likeness (QED) is 0.188. The highest BCUT2D eigenvalue weighted by Crippen LogP contribution is 2.47. The number of aryl methyl sites for hydroxylation is 1. The first kappa shape index (κ1) is 25.7. The Kier molecular flexibility index (Phi) is 7.57. The fourth-order valence-corrected chi connectivity index (χ4v) is 6.09. The highest BCUT2D eigenvalue weighted by molar-refractivity contribution is 8.01. The number of carboxylic acid groups (broad SMARTS) is 1. The van der Waals surface area contributed by atoms with Gasteiger partial charge in [0.15, 0.2) is 5.75 Å². The van der Waals surface area contributed by atoms with Gasteiger partial charge in [0.05, 0.1) is 0 Å². The summed E-state index contributed by atoms with van der Waals surface area (Å²) in [7, 11) is 1.07. The van der Waals surface area contributed by atoms with Crippen molar-refractivity contribution in [2.24, 2.45) is 0 Å². The van der Waals surface area contributed by atoms with Crippen LogP contribution < -0.4 is 5.32 Å². The normalized spacial score (nSPS) is 23.8. The van der Waals surface area contributed by atoms with Crippen molar-refractivity contribution in [3.05, 3.63) is 17.2 Å². The molecule has 0 aromatic carbocycles. The summed E-state index contributed by atoms with van der Waals surface area (Å²) in [5.74, 6) is -4.30. The number of thioether (sulfide) groups is 2. The summed E-state index contributed by atoms with van der Waals surface area (Å²) in [5.41, 5.74) is -2.00. The third kappa shape index (κ3) is 4.82. The Morgan fingerprint density at radius 1 is 1.52 bits per heavy atom. The minimum absolute atomic E-state index is 0.121. The van der Waals surface area contributed by atoms with Crippen LogP contribution in [0, 0.1) is 6.92 Å². The number of carbonyl (C=O) groups is 3. The summed E-state index contributed by atoms with van der Waals surface area (Å²) in [6.45, 7) is -0.629. The monoisotopic (exact) mass is 530 g/mol. The second-order valence-electron chi connectivity index (χ2n) is 6.72. The lowest BCUT2D eigenvalue weighted by atomic mass is 9.98. The lowest BCUT2D eigenvalue weighted by Gasteiger charge is -2.55. The molecule has 2 N–H and O–H groups in total. The first-order chi connectivity index (χ1) is 15.5. The maximum absolute atomic E-state index is 13.2. The molecule has 2 aliphatic heterocycles. The van der Waals surface area contributed by atoms with E-state index in [4.69, 9.17) is 9.15 Å². The first-order valence-electron chi connectivity index (χ1n) is 8.98. The predicted octanol–water partition coefficient (Wildman–Crippen LogP) is 0.494. The maximum Gasteiger partial charge on any atom is 0.435 e. The highest BCUT2D eigenvalue weighted by atomic mass is 32.2. The number of alkyl halides is 3. The fraction of sp³-hybridized carbons (Fsp3) is 0.562. The van der Waals surface area contributed by atoms with Crippen molar-refractivity contribution in [2.75, 3.05) is 31.0 Å². The van der Waals surface area contributed by atoms with Crippen molar-refractivity contribution < 1.29 is 46.4 Å². The smallest absolute Gasteiger partial charge is 0.435 e. The largest absolute Gasteiger partial charge is 0.611 e. The number of fused-ring (bicyclic) bond motifs is 1. The van der Waals surface area contributed by atoms with Crippen molar-refractivity contribution in [3.63, 3.8) is 0 Å². The molecule has 3 rings (SSSR count). The summed E-state index contributed by atoms with van der Waals surface area (Å²) in [6, 6.07) is 0. The van der Waals surface area contributed by atoms with Crippen LogP contribution in [0.25, 0.3) is 0 Å². The van der Waals surface area contributed by atoms with Crippen LogP contribution in [0.3, 0.4) is 0 Å². The molecule has 1 aromatic rings. The van der Waals surface area contributed by atoms with Gasteiger partial charge in [-0.05, 0) is 5.57 Å². The van der Waals surface area contributed by atoms with E-state index in [1.807, 2.05) is 0 Å². The van der Waals surface area contributed by atoms with Gasteiger partial charge in [-0.2, -0.15) is 8.78 Å². The van der Waals surface area contributed by atoms with E-state index in [9.17, 15) is 37.2 Å². The van der Waals surface area contributed by atoms with Gasteiger partial charge in [-0.1, -0.05) is 11.8 Å². The third-order valence-corrected chi connectivity index (χ3v) is 8.17. The Morgan fingerprint density at radius 2 is 2.21 bits per heavy atom. The number of methoxy groups -OCH3 is 1. The van der Waals surface area contributed by atoms with E-state index in [1.54, 1.807) is 6.92 Å². The van der Waals surface area contributed by atoms with Crippen LogP contribution in [0.2, 0.25) is 0 Å². The molecule has 17 heteroatoms. The number of carboxylic acids is 1. The lowest BCUT2D eigenvalue weighted by Crippen LogP contribution is -2.81. The van der Waals surface area contributed by atoms with Crippen molar-refractivity contribution in [1.29, 1.82) is 0 Å². The number of nitrogens with zero attached hydrogens (tertiary/aromatic N) is 3. The molecule has 1 fully saturated rings. The number of rotatable bonds is 10. The third-order valence-electron chi connectivity index (χ3n) is 4.59. The van der Waals surface area contributed by atoms with Crippen LogP contribution in [-0.4, -0.2) is 89.9 Å². The average Bonchev–Trinajstić information content (AvgIpc) is 3.19. The standard InChI is InChI=1S/C16H17F3N4O7S3/c1-7-21-22-14(30-7)32-4-8-3-31-13-16(29-2,12(27)23(13)10(8)11(25)26)20-9(24)5-33(28)15(18,19)6-17/h13H,3-6H2,1-2H3,(H,20,24)(H,25,26)/t13-,16+,33?/m1/s1. The first-order valence-corrected chi connectivity index (χ1v) is 12.3. The Balaban J connectivity index is 1.77. The highest BCUT2D eigenvalue weighted by Gasteiger charge is 2.67. The molecule has 11 nitrogen and oxygen atoms in total. The molecule has 2 amide bonds. The van der Waals surface area contributed by atoms with Gasteiger partial charge in [-0.15, -0.1) is 22.0 Å². The van der Waals surface area contributed by atoms with E-state index in [-0.39, 0.29) is 22.4 Å². The van der Waals surface area contributed by atoms with Crippen molar-refractivity contribution in [3.8, 4) is 0 Å². The molecule has 1 saturated heterocycles. The van der Waals surface area contributed by atoms with E-state index in [0.717, 1.165) is 35.5 Å². The van der Waals surface area contributed by atoms with Gasteiger partial charge in [0.25, 0.3) is 22.8 Å². The Bertz CT molecular complexity index is 994. The zero-order valence-corrected chi connectivity index (χ0v) is 19.5. The molecule has 0 spiro atoms. The Morgan fingerprint density at radius 3 is 2.76 bits per heavy atom. The Labute approximate surface area is 196 Å². The zero-order chi connectivity index (χ0) is 24.6. The van der Waals surface area contributed by atoms with Crippen LogP contribution in [-0.2, 0) is 30.3 Å². The molecule has 0 saturated carbocycles. The summed E-state index contributed by atoms with van der Waals surface area (Å²) < 4.78 is 60.6. The number of aromatic nitrogens is 2. The van der Waals surface area contributed by atoms with Crippen LogP contribution in [0.1, 0.15) is 5.89 Å². The summed E-state index contributed by atoms with van der Waals surface area (Å²) in [6.07, 6.45) is 0. The molecule has 3 atom stereocenters. The Hall–Kier alpha value is -1.95. The molecule has 182 valence electrons. The van der Waals surface area contributed by atoms with Gasteiger partial charge in [-0.3, -0.25) is 14.5 Å².